The van der Waals surface area contributed by atoms with Gasteiger partial charge in [-0.25, -0.2) is 0 Å². The lowest BCUT2D eigenvalue weighted by atomic mass is 10.2. The van der Waals surface area contributed by atoms with Crippen LogP contribution in [0.2, 0.25) is 0 Å². The van der Waals surface area contributed by atoms with Crippen molar-refractivity contribution in [3.63, 3.8) is 0 Å². The van der Waals surface area contributed by atoms with Gasteiger partial charge in [0.05, 0.1) is 19.3 Å². The average Bonchev–Trinajstić information content (AvgIpc) is 2.60. The summed E-state index contributed by atoms with van der Waals surface area (Å²) in [6, 6.07) is 0.705. The van der Waals surface area contributed by atoms with E-state index >= 15 is 0 Å². The van der Waals surface area contributed by atoms with Gasteiger partial charge in [-0.3, -0.25) is 4.90 Å². The fourth-order valence-electron chi connectivity index (χ4n) is 2.33. The van der Waals surface area contributed by atoms with Crippen molar-refractivity contribution in [3.8, 4) is 0 Å². The van der Waals surface area contributed by atoms with E-state index in [9.17, 15) is 0 Å². The van der Waals surface area contributed by atoms with Crippen molar-refractivity contribution in [3.05, 3.63) is 0 Å². The number of ether oxygens (including phenoxy) is 2. The second-order valence-corrected chi connectivity index (χ2v) is 4.07. The number of piperazine rings is 1. The Kier molecular flexibility index (Phi) is 5.86. The lowest BCUT2D eigenvalue weighted by molar-refractivity contribution is 0.0223. The van der Waals surface area contributed by atoms with Gasteiger partial charge in [-0.15, -0.1) is 12.4 Å². The molecule has 0 saturated carbocycles. The van der Waals surface area contributed by atoms with Crippen LogP contribution in [0.3, 0.4) is 0 Å². The van der Waals surface area contributed by atoms with Crippen molar-refractivity contribution < 1.29 is 9.47 Å². The van der Waals surface area contributed by atoms with E-state index in [1.807, 2.05) is 0 Å². The van der Waals surface area contributed by atoms with Crippen LogP contribution in [-0.4, -0.2) is 63.5 Å². The molecule has 2 aliphatic rings. The van der Waals surface area contributed by atoms with E-state index in [0.29, 0.717) is 18.8 Å². The number of hydrogen-bond acceptors (Lipinski definition) is 4. The summed E-state index contributed by atoms with van der Waals surface area (Å²) in [5.41, 5.74) is 0. The highest BCUT2D eigenvalue weighted by Crippen LogP contribution is 2.20. The minimum atomic E-state index is 0. The molecule has 2 aliphatic heterocycles. The first-order valence-electron chi connectivity index (χ1n) is 5.45. The second-order valence-electron chi connectivity index (χ2n) is 4.07. The lowest BCUT2D eigenvalue weighted by Crippen LogP contribution is -2.47. The van der Waals surface area contributed by atoms with Crippen LogP contribution in [-0.2, 0) is 9.47 Å². The van der Waals surface area contributed by atoms with Gasteiger partial charge in [0, 0.05) is 39.3 Å². The van der Waals surface area contributed by atoms with Crippen LogP contribution in [0, 0.1) is 0 Å². The summed E-state index contributed by atoms with van der Waals surface area (Å²) in [4.78, 5) is 2.54. The smallest absolute Gasteiger partial charge is 0.0718 e. The first-order valence-corrected chi connectivity index (χ1v) is 5.45. The van der Waals surface area contributed by atoms with Crippen LogP contribution in [0.25, 0.3) is 0 Å². The van der Waals surface area contributed by atoms with Gasteiger partial charge in [0.2, 0.25) is 0 Å². The lowest BCUT2D eigenvalue weighted by Gasteiger charge is -2.29. The molecule has 2 atom stereocenters. The Balaban J connectivity index is 0.00000112. The third-order valence-corrected chi connectivity index (χ3v) is 3.09. The highest BCUT2D eigenvalue weighted by Gasteiger charge is 2.33. The summed E-state index contributed by atoms with van der Waals surface area (Å²) < 4.78 is 10.7. The quantitative estimate of drug-likeness (QED) is 0.703. The summed E-state index contributed by atoms with van der Waals surface area (Å²) in [5, 5.41) is 3.42. The van der Waals surface area contributed by atoms with Crippen LogP contribution in [0.1, 0.15) is 6.42 Å². The van der Waals surface area contributed by atoms with Crippen LogP contribution >= 0.6 is 12.4 Å². The van der Waals surface area contributed by atoms with Gasteiger partial charge >= 0.3 is 0 Å². The molecule has 2 saturated heterocycles. The van der Waals surface area contributed by atoms with Gasteiger partial charge in [-0.05, 0) is 6.42 Å². The van der Waals surface area contributed by atoms with Crippen molar-refractivity contribution in [2.24, 2.45) is 0 Å². The molecule has 0 aromatic carbocycles. The molecule has 0 radical (unpaired) electrons. The van der Waals surface area contributed by atoms with Crippen molar-refractivity contribution >= 4 is 12.4 Å². The molecule has 5 heteroatoms. The molecule has 0 spiro atoms. The Morgan fingerprint density at radius 2 is 2.27 bits per heavy atom. The summed E-state index contributed by atoms with van der Waals surface area (Å²) in [5.74, 6) is 0. The topological polar surface area (TPSA) is 33.7 Å². The summed E-state index contributed by atoms with van der Waals surface area (Å²) in [6.07, 6.45) is 1.60. The van der Waals surface area contributed by atoms with Gasteiger partial charge in [-0.1, -0.05) is 0 Å². The second kappa shape index (κ2) is 6.66. The number of rotatable bonds is 4. The molecule has 0 bridgehead atoms. The Labute approximate surface area is 97.7 Å². The molecule has 2 fully saturated rings. The van der Waals surface area contributed by atoms with Gasteiger partial charge in [0.25, 0.3) is 0 Å². The first kappa shape index (κ1) is 13.2. The van der Waals surface area contributed by atoms with Crippen LogP contribution < -0.4 is 5.32 Å². The minimum Gasteiger partial charge on any atom is -0.382 e. The fraction of sp³-hybridized carbons (Fsp3) is 1.00. The Bertz CT molecular complexity index is 169. The number of nitrogens with one attached hydrogen (secondary N) is 1. The number of fused-ring (bicyclic) bond motifs is 1. The summed E-state index contributed by atoms with van der Waals surface area (Å²) >= 11 is 0. The minimum absolute atomic E-state index is 0. The van der Waals surface area contributed by atoms with Gasteiger partial charge in [0.1, 0.15) is 0 Å². The molecular weight excluding hydrogens is 216 g/mol. The molecule has 0 aliphatic carbocycles. The molecule has 2 heterocycles. The predicted octanol–water partition coefficient (Wildman–Crippen LogP) is 0.117. The molecule has 2 rings (SSSR count). The summed E-state index contributed by atoms with van der Waals surface area (Å²) in [7, 11) is 1.71. The highest BCUT2D eigenvalue weighted by atomic mass is 35.5. The largest absolute Gasteiger partial charge is 0.382 e. The van der Waals surface area contributed by atoms with Crippen molar-refractivity contribution in [1.29, 1.82) is 0 Å². The average molecular weight is 237 g/mol. The van der Waals surface area contributed by atoms with Crippen molar-refractivity contribution in [1.82, 2.24) is 10.2 Å². The van der Waals surface area contributed by atoms with Gasteiger partial charge in [0.15, 0.2) is 0 Å². The number of methoxy groups -OCH3 is 1. The first-order chi connectivity index (χ1) is 6.90. The zero-order valence-corrected chi connectivity index (χ0v) is 10.1. The van der Waals surface area contributed by atoms with E-state index in [4.69, 9.17) is 9.47 Å². The zero-order chi connectivity index (χ0) is 9.80. The highest BCUT2D eigenvalue weighted by molar-refractivity contribution is 5.85. The molecule has 2 unspecified atom stereocenters. The number of nitrogens with zero attached hydrogens (tertiary/aromatic N) is 1. The maximum absolute atomic E-state index is 5.74. The summed E-state index contributed by atoms with van der Waals surface area (Å²) in [6.45, 7) is 5.98. The predicted molar refractivity (Wildman–Crippen MR) is 61.7 cm³/mol. The maximum Gasteiger partial charge on any atom is 0.0718 e. The van der Waals surface area contributed by atoms with E-state index in [1.54, 1.807) is 7.11 Å². The third kappa shape index (κ3) is 3.57. The molecule has 0 amide bonds. The van der Waals surface area contributed by atoms with E-state index in [0.717, 1.165) is 26.2 Å². The van der Waals surface area contributed by atoms with Crippen molar-refractivity contribution in [2.75, 3.05) is 46.5 Å². The molecule has 15 heavy (non-hydrogen) atoms. The molecule has 90 valence electrons. The molecule has 0 aromatic rings. The normalized spacial score (nSPS) is 31.0. The Hall–Kier alpha value is 0.130. The standard InChI is InChI=1S/C10H20N2O2.ClH/c1-13-4-5-14-10-6-9-7-11-2-3-12(9)8-10;/h9-11H,2-8H2,1H3;1H. The van der Waals surface area contributed by atoms with Crippen LogP contribution in [0.5, 0.6) is 0 Å². The monoisotopic (exact) mass is 236 g/mol. The third-order valence-electron chi connectivity index (χ3n) is 3.09. The number of hydrogen-bond donors (Lipinski definition) is 1. The Morgan fingerprint density at radius 1 is 1.40 bits per heavy atom. The van der Waals surface area contributed by atoms with Gasteiger partial charge in [-0.2, -0.15) is 0 Å². The molecule has 4 nitrogen and oxygen atoms in total. The van der Waals surface area contributed by atoms with Crippen molar-refractivity contribution in [2.45, 2.75) is 18.6 Å². The van der Waals surface area contributed by atoms with Gasteiger partial charge < -0.3 is 14.8 Å². The van der Waals surface area contributed by atoms with E-state index in [2.05, 4.69) is 10.2 Å². The van der Waals surface area contributed by atoms with E-state index in [1.165, 1.54) is 13.0 Å². The maximum atomic E-state index is 5.74. The number of halogens is 1. The Morgan fingerprint density at radius 3 is 3.00 bits per heavy atom. The molecule has 0 aromatic heterocycles. The van der Waals surface area contributed by atoms with E-state index in [-0.39, 0.29) is 12.4 Å². The SMILES string of the molecule is COCCOC1CC2CNCCN2C1.Cl. The zero-order valence-electron chi connectivity index (χ0n) is 9.28. The van der Waals surface area contributed by atoms with E-state index < -0.39 is 0 Å². The fourth-order valence-corrected chi connectivity index (χ4v) is 2.33. The van der Waals surface area contributed by atoms with Crippen LogP contribution in [0.4, 0.5) is 0 Å². The molecular formula is C10H21ClN2O2. The van der Waals surface area contributed by atoms with Crippen LogP contribution in [0.15, 0.2) is 0 Å². The molecule has 1 N–H and O–H groups in total.